The van der Waals surface area contributed by atoms with E-state index in [-0.39, 0.29) is 70.6 Å². The predicted octanol–water partition coefficient (Wildman–Crippen LogP) is 13.6. The molecule has 528 valence electrons. The van der Waals surface area contributed by atoms with Crippen LogP contribution in [0.2, 0.25) is 0 Å². The molecule has 2 heterocycles. The highest BCUT2D eigenvalue weighted by atomic mass is 35.5. The van der Waals surface area contributed by atoms with Gasteiger partial charge in [-0.3, -0.25) is 24.0 Å². The van der Waals surface area contributed by atoms with Gasteiger partial charge >= 0.3 is 5.97 Å². The molecule has 0 spiro atoms. The second kappa shape index (κ2) is 34.1. The van der Waals surface area contributed by atoms with E-state index < -0.39 is 24.0 Å². The smallest absolute Gasteiger partial charge is 0.335 e. The van der Waals surface area contributed by atoms with Crippen LogP contribution in [-0.4, -0.2) is 74.5 Å². The lowest BCUT2D eigenvalue weighted by Gasteiger charge is -2.25. The molecule has 0 saturated heterocycles. The van der Waals surface area contributed by atoms with Crippen molar-refractivity contribution in [1.29, 1.82) is 0 Å². The van der Waals surface area contributed by atoms with E-state index in [0.717, 1.165) is 38.9 Å². The van der Waals surface area contributed by atoms with Crippen molar-refractivity contribution in [3.05, 3.63) is 334 Å². The number of benzene rings is 10. The van der Waals surface area contributed by atoms with Gasteiger partial charge < -0.3 is 49.0 Å². The summed E-state index contributed by atoms with van der Waals surface area (Å²) in [6.07, 6.45) is 0. The molecule has 10 aromatic carbocycles. The Labute approximate surface area is 610 Å². The Bertz CT molecular complexity index is 5020. The number of likely N-dealkylation sites (N-methyl/N-ethyl adjacent to an activating group) is 2. The molecule has 7 N–H and O–H groups in total. The zero-order valence-corrected chi connectivity index (χ0v) is 59.8. The second-order valence-corrected chi connectivity index (χ2v) is 27.1. The van der Waals surface area contributed by atoms with Gasteiger partial charge in [0, 0.05) is 60.2 Å². The molecular weight excluding hydrogens is 1330 g/mol. The fourth-order valence-corrected chi connectivity index (χ4v) is 11.5. The van der Waals surface area contributed by atoms with Crippen LogP contribution in [-0.2, 0) is 33.5 Å². The number of carbonyl (C=O) groups is 6. The van der Waals surface area contributed by atoms with Gasteiger partial charge in [0.1, 0.15) is 29.3 Å². The number of anilines is 2. The molecule has 0 bridgehead atoms. The van der Waals surface area contributed by atoms with Gasteiger partial charge in [0.25, 0.3) is 23.6 Å². The van der Waals surface area contributed by atoms with E-state index in [0.29, 0.717) is 62.2 Å². The van der Waals surface area contributed by atoms with Gasteiger partial charge in [-0.2, -0.15) is 0 Å². The molecule has 104 heavy (non-hydrogen) atoms. The minimum absolute atomic E-state index is 0. The average molecular weight is 1410 g/mol. The highest BCUT2D eigenvalue weighted by Gasteiger charge is 2.28. The number of nitrogens with zero attached hydrogens (tertiary/aromatic N) is 4. The molecule has 0 aliphatic heterocycles. The lowest BCUT2D eigenvalue weighted by atomic mass is 9.86. The van der Waals surface area contributed by atoms with E-state index in [2.05, 4.69) is 97.5 Å². The first-order valence-corrected chi connectivity index (χ1v) is 33.6. The molecule has 12 rings (SSSR count). The van der Waals surface area contributed by atoms with Gasteiger partial charge in [-0.1, -0.05) is 211 Å². The van der Waals surface area contributed by atoms with E-state index in [4.69, 9.17) is 5.11 Å². The van der Waals surface area contributed by atoms with Crippen LogP contribution in [0, 0.1) is 11.6 Å². The number of nitrogens with one attached hydrogen (secondary N) is 3. The molecule has 0 aliphatic carbocycles. The molecule has 12 aromatic rings. The van der Waals surface area contributed by atoms with Crippen LogP contribution in [0.4, 0.5) is 20.4 Å². The number of hydrogen-bond donors (Lipinski definition) is 5. The van der Waals surface area contributed by atoms with Crippen LogP contribution in [0.15, 0.2) is 267 Å². The molecule has 2 aromatic heterocycles. The number of halogens is 3. The molecule has 0 unspecified atom stereocenters. The van der Waals surface area contributed by atoms with E-state index in [1.165, 1.54) is 46.4 Å². The fraction of sp³-hybridized carbons (Fsp3) is 0.163. The number of amides is 5. The summed E-state index contributed by atoms with van der Waals surface area (Å²) in [5.74, 6) is -2.18. The summed E-state index contributed by atoms with van der Waals surface area (Å²) in [5.41, 5.74) is 16.0. The molecule has 0 radical (unpaired) electrons. The zero-order chi connectivity index (χ0) is 73.5. The van der Waals surface area contributed by atoms with Crippen LogP contribution in [0.25, 0.3) is 44.1 Å². The Hall–Kier alpha value is -12.1. The van der Waals surface area contributed by atoms with Crippen molar-refractivity contribution >= 4 is 68.9 Å². The standard InChI is InChI=1S/C43H39FN4O3.C27H24N2O3.C16H17FN2O.ClH/c1-43(2,3)33-20-16-29(17-21-33)35-12-8-9-13-36(35)41(50)46-38-25-19-31-26-32(18-24-37(31)45-38)40(49)47-39(30-10-6-5-7-11-30)42(51)48(4)27-28-14-22-34(44)23-15-28;1-27(2,3)20-12-8-17(9-13-20)21-6-4-5-7-22(21)25(30)29-24-15-11-18-16-19(26(31)32)10-14-23(18)28-24;1-19(11-12-7-9-14(17)10-8-12)16(20)15(18)13-5-3-2-4-6-13;/h5-26,39H,27H2,1-4H3,(H,47,49)(H,45,46,50);4-16H,1-3H3,(H,31,32)(H,28,29,30);2-10,15H,11,18H2,1H3;1H/t39-;;15-;/m0.0./s1. The highest BCUT2D eigenvalue weighted by molar-refractivity contribution is 6.10. The molecule has 0 saturated carbocycles. The number of hydrogen-bond acceptors (Lipinski definition) is 8. The quantitative estimate of drug-likeness (QED) is 0.0585. The number of fused-ring (bicyclic) bond motifs is 2. The Morgan fingerprint density at radius 2 is 0.827 bits per heavy atom. The number of pyridine rings is 2. The van der Waals surface area contributed by atoms with Gasteiger partial charge in [0.15, 0.2) is 6.04 Å². The molecule has 0 aliphatic rings. The summed E-state index contributed by atoms with van der Waals surface area (Å²) in [7, 11) is 3.38. The third-order valence-corrected chi connectivity index (χ3v) is 17.4. The molecule has 18 heteroatoms. The predicted molar refractivity (Wildman–Crippen MR) is 402 cm³/mol. The Morgan fingerprint density at radius 1 is 0.442 bits per heavy atom. The van der Waals surface area contributed by atoms with Crippen molar-refractivity contribution in [2.75, 3.05) is 24.7 Å². The van der Waals surface area contributed by atoms with Crippen LogP contribution < -0.4 is 34.1 Å². The number of carbonyl (C=O) groups excluding carboxylic acids is 5. The number of aromatic carboxylic acids is 1. The van der Waals surface area contributed by atoms with Crippen LogP contribution in [0.1, 0.15) is 128 Å². The van der Waals surface area contributed by atoms with Gasteiger partial charge in [0.05, 0.1) is 16.6 Å². The Balaban J connectivity index is 0.000000201. The Morgan fingerprint density at radius 3 is 1.25 bits per heavy atom. The number of rotatable bonds is 17. The highest BCUT2D eigenvalue weighted by Crippen LogP contribution is 2.32. The van der Waals surface area contributed by atoms with Gasteiger partial charge in [-0.15, -0.1) is 0 Å². The summed E-state index contributed by atoms with van der Waals surface area (Å²) < 4.78 is 26.3. The van der Waals surface area contributed by atoms with Crippen molar-refractivity contribution in [1.82, 2.24) is 25.1 Å². The van der Waals surface area contributed by atoms with Crippen molar-refractivity contribution in [2.24, 2.45) is 0 Å². The number of aromatic nitrogens is 2. The molecule has 2 atom stereocenters. The zero-order valence-electron chi connectivity index (χ0n) is 59.0. The summed E-state index contributed by atoms with van der Waals surface area (Å²) in [5, 5.41) is 19.2. The summed E-state index contributed by atoms with van der Waals surface area (Å²) in [6, 6.07) is 77.4. The van der Waals surface area contributed by atoms with Gasteiger partial charge in [-0.25, -0.2) is 23.5 Å². The molecular formula is C86H81ClF2N8O7. The number of carboxylic acids is 1. The largest absolute Gasteiger partial charge is 1.00 e. The fourth-order valence-electron chi connectivity index (χ4n) is 11.5. The average Bonchev–Trinajstić information content (AvgIpc) is 0.811. The maximum absolute atomic E-state index is 13.7. The monoisotopic (exact) mass is 1410 g/mol. The topological polar surface area (TPSA) is 219 Å². The number of quaternary nitrogens is 1. The van der Waals surface area contributed by atoms with Crippen LogP contribution in [0.5, 0.6) is 0 Å². The second-order valence-electron chi connectivity index (χ2n) is 27.1. The van der Waals surface area contributed by atoms with Gasteiger partial charge in [-0.05, 0) is 158 Å². The first-order chi connectivity index (χ1) is 49.3. The van der Waals surface area contributed by atoms with Crippen LogP contribution >= 0.6 is 0 Å². The maximum Gasteiger partial charge on any atom is 0.335 e. The van der Waals surface area contributed by atoms with Crippen molar-refractivity contribution in [3.63, 3.8) is 0 Å². The Kier molecular flexibility index (Phi) is 24.9. The summed E-state index contributed by atoms with van der Waals surface area (Å²) in [6.45, 7) is 13.7. The van der Waals surface area contributed by atoms with Crippen LogP contribution in [0.3, 0.4) is 0 Å². The summed E-state index contributed by atoms with van der Waals surface area (Å²) >= 11 is 0. The SMILES string of the molecule is CC(C)(C)c1ccc(-c2ccccc2C(=O)Nc2ccc3cc(C(=O)O)ccc3n2)cc1.CN(Cc1ccc(F)cc1)C(=O)[C@@H](NC(=O)c1ccc2nc(NC(=O)c3ccccc3-c3ccc(C(C)(C)C)cc3)ccc2c1)c1ccccc1.CN(Cc1ccc(F)cc1)C(=O)[C@@H]([NH3+])c1ccccc1.[Cl-]. The lowest BCUT2D eigenvalue weighted by molar-refractivity contribution is -0.411. The minimum atomic E-state index is -0.989. The summed E-state index contributed by atoms with van der Waals surface area (Å²) in [4.78, 5) is 89.5. The minimum Gasteiger partial charge on any atom is -1.00 e. The molecule has 15 nitrogen and oxygen atoms in total. The van der Waals surface area contributed by atoms with Crippen molar-refractivity contribution in [3.8, 4) is 22.3 Å². The lowest BCUT2D eigenvalue weighted by Crippen LogP contribution is -3.00. The molecule has 5 amide bonds. The number of carboxylic acid groups (broad SMARTS) is 1. The van der Waals surface area contributed by atoms with E-state index in [1.54, 1.807) is 122 Å². The third-order valence-electron chi connectivity index (χ3n) is 17.4. The van der Waals surface area contributed by atoms with Crippen molar-refractivity contribution < 1.29 is 60.8 Å². The normalized spacial score (nSPS) is 11.6. The van der Waals surface area contributed by atoms with E-state index in [1.807, 2.05) is 109 Å². The first-order valence-electron chi connectivity index (χ1n) is 33.6. The van der Waals surface area contributed by atoms with E-state index in [9.17, 15) is 37.5 Å². The van der Waals surface area contributed by atoms with Crippen molar-refractivity contribution in [2.45, 2.75) is 77.5 Å². The third kappa shape index (κ3) is 19.7. The van der Waals surface area contributed by atoms with E-state index >= 15 is 0 Å². The maximum atomic E-state index is 13.7. The molecule has 0 fully saturated rings. The van der Waals surface area contributed by atoms with Gasteiger partial charge in [0.2, 0.25) is 5.91 Å². The first kappa shape index (κ1) is 76.1.